The molecule has 1 atom stereocenters. The van der Waals surface area contributed by atoms with Gasteiger partial charge in [-0.2, -0.15) is 0 Å². The van der Waals surface area contributed by atoms with Crippen LogP contribution < -0.4 is 10.2 Å². The van der Waals surface area contributed by atoms with E-state index in [1.54, 1.807) is 0 Å². The number of rotatable bonds is 1. The normalized spacial score (nSPS) is 21.7. The van der Waals surface area contributed by atoms with Crippen molar-refractivity contribution in [3.05, 3.63) is 29.3 Å². The van der Waals surface area contributed by atoms with E-state index in [0.29, 0.717) is 19.3 Å². The molecule has 6 heteroatoms. The van der Waals surface area contributed by atoms with Crippen molar-refractivity contribution in [1.29, 1.82) is 0 Å². The number of nitrogens with one attached hydrogen (secondary N) is 1. The molecule has 4 nitrogen and oxygen atoms in total. The minimum absolute atomic E-state index is 0.0264. The number of benzene rings is 1. The fraction of sp³-hybridized carbons (Fsp3) is 0.467. The number of halogens is 2. The van der Waals surface area contributed by atoms with E-state index in [-0.39, 0.29) is 29.6 Å². The molecule has 2 heterocycles. The molecule has 3 rings (SSSR count). The molecule has 0 bridgehead atoms. The van der Waals surface area contributed by atoms with Crippen LogP contribution in [0.2, 0.25) is 0 Å². The summed E-state index contributed by atoms with van der Waals surface area (Å²) in [6.07, 6.45) is 2.75. The fourth-order valence-electron chi connectivity index (χ4n) is 3.01. The second-order valence-electron chi connectivity index (χ2n) is 5.46. The van der Waals surface area contributed by atoms with Crippen LogP contribution >= 0.6 is 0 Å². The van der Waals surface area contributed by atoms with Crippen LogP contribution in [0.15, 0.2) is 12.1 Å². The number of hydrogen-bond acceptors (Lipinski definition) is 2. The molecule has 0 spiro atoms. The molecule has 2 aliphatic rings. The maximum atomic E-state index is 14.0. The first-order valence-corrected chi connectivity index (χ1v) is 7.15. The SMILES string of the molecule is O=C1CCCCC(C(=O)N2CCc3c(F)ccc(F)c32)N1. The number of anilines is 1. The van der Waals surface area contributed by atoms with Crippen LogP contribution in [-0.4, -0.2) is 24.4 Å². The number of amides is 2. The largest absolute Gasteiger partial charge is 0.344 e. The predicted molar refractivity (Wildman–Crippen MR) is 72.8 cm³/mol. The zero-order chi connectivity index (χ0) is 15.0. The molecule has 2 amide bonds. The Morgan fingerprint density at radius 3 is 2.76 bits per heavy atom. The first-order chi connectivity index (χ1) is 10.1. The molecule has 1 saturated heterocycles. The van der Waals surface area contributed by atoms with Gasteiger partial charge in [-0.3, -0.25) is 9.59 Å². The Morgan fingerprint density at radius 1 is 1.19 bits per heavy atom. The highest BCUT2D eigenvalue weighted by Gasteiger charge is 2.34. The lowest BCUT2D eigenvalue weighted by molar-refractivity contribution is -0.127. The van der Waals surface area contributed by atoms with E-state index in [4.69, 9.17) is 0 Å². The van der Waals surface area contributed by atoms with Crippen molar-refractivity contribution in [2.45, 2.75) is 38.1 Å². The average Bonchev–Trinajstić information content (AvgIpc) is 2.80. The lowest BCUT2D eigenvalue weighted by Crippen LogP contribution is -2.47. The molecule has 112 valence electrons. The van der Waals surface area contributed by atoms with Crippen molar-refractivity contribution in [3.8, 4) is 0 Å². The van der Waals surface area contributed by atoms with Gasteiger partial charge in [0, 0.05) is 18.5 Å². The second kappa shape index (κ2) is 5.42. The topological polar surface area (TPSA) is 49.4 Å². The average molecular weight is 294 g/mol. The Labute approximate surface area is 121 Å². The van der Waals surface area contributed by atoms with Gasteiger partial charge in [0.05, 0.1) is 5.69 Å². The standard InChI is InChI=1S/C15H16F2N2O2/c16-10-5-6-11(17)14-9(10)7-8-19(14)15(21)12-3-1-2-4-13(20)18-12/h5-6,12H,1-4,7-8H2,(H,18,20). The summed E-state index contributed by atoms with van der Waals surface area (Å²) in [4.78, 5) is 25.4. The summed E-state index contributed by atoms with van der Waals surface area (Å²) in [5, 5.41) is 2.67. The van der Waals surface area contributed by atoms with Crippen molar-refractivity contribution >= 4 is 17.5 Å². The highest BCUT2D eigenvalue weighted by atomic mass is 19.1. The number of carbonyl (C=O) groups excluding carboxylic acids is 2. The summed E-state index contributed by atoms with van der Waals surface area (Å²) in [6.45, 7) is 0.248. The van der Waals surface area contributed by atoms with Crippen molar-refractivity contribution in [1.82, 2.24) is 5.32 Å². The summed E-state index contributed by atoms with van der Waals surface area (Å²) in [6, 6.07) is 1.47. The minimum atomic E-state index is -0.645. The van der Waals surface area contributed by atoms with Gasteiger partial charge in [0.1, 0.15) is 17.7 Å². The summed E-state index contributed by atoms with van der Waals surface area (Å²) in [7, 11) is 0. The molecule has 1 fully saturated rings. The van der Waals surface area contributed by atoms with E-state index in [1.165, 1.54) is 4.90 Å². The van der Waals surface area contributed by atoms with E-state index in [1.807, 2.05) is 0 Å². The van der Waals surface area contributed by atoms with Gasteiger partial charge in [-0.05, 0) is 31.4 Å². The maximum Gasteiger partial charge on any atom is 0.249 e. The highest BCUT2D eigenvalue weighted by molar-refractivity contribution is 6.01. The predicted octanol–water partition coefficient (Wildman–Crippen LogP) is 1.91. The van der Waals surface area contributed by atoms with Gasteiger partial charge in [-0.1, -0.05) is 6.42 Å². The second-order valence-corrected chi connectivity index (χ2v) is 5.46. The molecule has 0 aliphatic carbocycles. The molecule has 1 aromatic carbocycles. The number of fused-ring (bicyclic) bond motifs is 1. The van der Waals surface area contributed by atoms with E-state index >= 15 is 0 Å². The van der Waals surface area contributed by atoms with Crippen LogP contribution in [0.25, 0.3) is 0 Å². The Balaban J connectivity index is 1.88. The molecule has 1 N–H and O–H groups in total. The van der Waals surface area contributed by atoms with E-state index < -0.39 is 17.7 Å². The molecule has 0 aromatic heterocycles. The van der Waals surface area contributed by atoms with Gasteiger partial charge in [-0.15, -0.1) is 0 Å². The molecule has 0 radical (unpaired) electrons. The Hall–Kier alpha value is -1.98. The van der Waals surface area contributed by atoms with Crippen molar-refractivity contribution in [2.75, 3.05) is 11.4 Å². The van der Waals surface area contributed by atoms with Gasteiger partial charge in [0.25, 0.3) is 0 Å². The van der Waals surface area contributed by atoms with Crippen LogP contribution in [-0.2, 0) is 16.0 Å². The molecular weight excluding hydrogens is 278 g/mol. The number of nitrogens with zero attached hydrogens (tertiary/aromatic N) is 1. The van der Waals surface area contributed by atoms with Crippen LogP contribution in [0.1, 0.15) is 31.2 Å². The van der Waals surface area contributed by atoms with E-state index in [9.17, 15) is 18.4 Å². The van der Waals surface area contributed by atoms with E-state index in [2.05, 4.69) is 5.32 Å². The van der Waals surface area contributed by atoms with Gasteiger partial charge >= 0.3 is 0 Å². The smallest absolute Gasteiger partial charge is 0.249 e. The van der Waals surface area contributed by atoms with Crippen LogP contribution in [0.4, 0.5) is 14.5 Å². The van der Waals surface area contributed by atoms with Crippen LogP contribution in [0.3, 0.4) is 0 Å². The third kappa shape index (κ3) is 2.50. The molecule has 1 aromatic rings. The van der Waals surface area contributed by atoms with Crippen molar-refractivity contribution < 1.29 is 18.4 Å². The third-order valence-corrected chi connectivity index (χ3v) is 4.08. The Bertz CT molecular complexity index is 604. The Morgan fingerprint density at radius 2 is 1.95 bits per heavy atom. The molecular formula is C15H16F2N2O2. The lowest BCUT2D eigenvalue weighted by atomic mass is 10.1. The van der Waals surface area contributed by atoms with Gasteiger partial charge in [0.15, 0.2) is 0 Å². The quantitative estimate of drug-likeness (QED) is 0.860. The highest BCUT2D eigenvalue weighted by Crippen LogP contribution is 2.33. The van der Waals surface area contributed by atoms with E-state index in [0.717, 1.165) is 25.0 Å². The molecule has 0 saturated carbocycles. The molecule has 1 unspecified atom stereocenters. The van der Waals surface area contributed by atoms with Gasteiger partial charge in [-0.25, -0.2) is 8.78 Å². The molecule has 21 heavy (non-hydrogen) atoms. The van der Waals surface area contributed by atoms with Crippen molar-refractivity contribution in [3.63, 3.8) is 0 Å². The van der Waals surface area contributed by atoms with Gasteiger partial charge in [0.2, 0.25) is 11.8 Å². The Kier molecular flexibility index (Phi) is 3.61. The monoisotopic (exact) mass is 294 g/mol. The number of hydrogen-bond donors (Lipinski definition) is 1. The summed E-state index contributed by atoms with van der Waals surface area (Å²) >= 11 is 0. The van der Waals surface area contributed by atoms with Crippen molar-refractivity contribution in [2.24, 2.45) is 0 Å². The van der Waals surface area contributed by atoms with Crippen LogP contribution in [0.5, 0.6) is 0 Å². The maximum absolute atomic E-state index is 14.0. The minimum Gasteiger partial charge on any atom is -0.344 e. The zero-order valence-corrected chi connectivity index (χ0v) is 11.5. The summed E-state index contributed by atoms with van der Waals surface area (Å²) in [5.41, 5.74) is 0.266. The summed E-state index contributed by atoms with van der Waals surface area (Å²) < 4.78 is 27.7. The first kappa shape index (κ1) is 14.0. The third-order valence-electron chi connectivity index (χ3n) is 4.08. The number of carbonyl (C=O) groups is 2. The molecule has 2 aliphatic heterocycles. The lowest BCUT2D eigenvalue weighted by Gasteiger charge is -2.24. The van der Waals surface area contributed by atoms with Crippen LogP contribution in [0, 0.1) is 11.6 Å². The van der Waals surface area contributed by atoms with Gasteiger partial charge < -0.3 is 10.2 Å². The fourth-order valence-corrected chi connectivity index (χ4v) is 3.01. The first-order valence-electron chi connectivity index (χ1n) is 7.15. The zero-order valence-electron chi connectivity index (χ0n) is 11.5. The summed E-state index contributed by atoms with van der Waals surface area (Å²) in [5.74, 6) is -1.61.